The van der Waals surface area contributed by atoms with Gasteiger partial charge in [-0.05, 0) is 0 Å². The first-order valence-corrected chi connectivity index (χ1v) is 4.91. The number of nitrogens with one attached hydrogen (secondary N) is 1. The summed E-state index contributed by atoms with van der Waals surface area (Å²) >= 11 is 0. The Labute approximate surface area is 101 Å². The standard InChI is InChI=1S/C9H13F3N2O4/c1-14(3-2-8(17)18)7(16)4-6(15)13-5-9(10,11)12/h2-5H2,1H3,(H,13,15)(H,17,18). The van der Waals surface area contributed by atoms with Gasteiger partial charge in [0, 0.05) is 13.6 Å². The molecule has 18 heavy (non-hydrogen) atoms. The van der Waals surface area contributed by atoms with E-state index in [9.17, 15) is 27.6 Å². The average molecular weight is 270 g/mol. The summed E-state index contributed by atoms with van der Waals surface area (Å²) in [6.07, 6.45) is -5.58. The van der Waals surface area contributed by atoms with Gasteiger partial charge in [0.25, 0.3) is 0 Å². The van der Waals surface area contributed by atoms with Crippen molar-refractivity contribution in [3.05, 3.63) is 0 Å². The Kier molecular flexibility index (Phi) is 6.14. The molecule has 0 spiro atoms. The maximum Gasteiger partial charge on any atom is 0.405 e. The molecule has 6 nitrogen and oxygen atoms in total. The number of hydrogen-bond acceptors (Lipinski definition) is 3. The lowest BCUT2D eigenvalue weighted by atomic mass is 10.3. The fourth-order valence-corrected chi connectivity index (χ4v) is 0.922. The molecule has 9 heteroatoms. The predicted molar refractivity (Wildman–Crippen MR) is 53.6 cm³/mol. The van der Waals surface area contributed by atoms with E-state index in [-0.39, 0.29) is 13.0 Å². The lowest BCUT2D eigenvalue weighted by molar-refractivity contribution is -0.143. The number of rotatable bonds is 6. The third-order valence-electron chi connectivity index (χ3n) is 1.88. The minimum absolute atomic E-state index is 0.110. The number of nitrogens with zero attached hydrogens (tertiary/aromatic N) is 1. The summed E-state index contributed by atoms with van der Waals surface area (Å²) in [5.41, 5.74) is 0. The lowest BCUT2D eigenvalue weighted by Gasteiger charge is -2.16. The van der Waals surface area contributed by atoms with Gasteiger partial charge in [0.05, 0.1) is 6.42 Å². The Morgan fingerprint density at radius 2 is 1.83 bits per heavy atom. The third kappa shape index (κ3) is 8.36. The molecule has 0 aliphatic rings. The minimum Gasteiger partial charge on any atom is -0.481 e. The predicted octanol–water partition coefficient (Wildman–Crippen LogP) is -0.0119. The molecule has 0 unspecified atom stereocenters. The van der Waals surface area contributed by atoms with E-state index < -0.39 is 36.9 Å². The molecule has 0 fully saturated rings. The molecule has 0 heterocycles. The second-order valence-electron chi connectivity index (χ2n) is 3.53. The summed E-state index contributed by atoms with van der Waals surface area (Å²) in [5, 5.41) is 9.90. The highest BCUT2D eigenvalue weighted by atomic mass is 19.4. The van der Waals surface area contributed by atoms with Crippen LogP contribution in [-0.4, -0.2) is 54.1 Å². The van der Waals surface area contributed by atoms with Crippen molar-refractivity contribution in [1.29, 1.82) is 0 Å². The van der Waals surface area contributed by atoms with Gasteiger partial charge in [-0.25, -0.2) is 0 Å². The quantitative estimate of drug-likeness (QED) is 0.664. The number of alkyl halides is 3. The van der Waals surface area contributed by atoms with Crippen LogP contribution in [0.15, 0.2) is 0 Å². The Hall–Kier alpha value is -1.80. The van der Waals surface area contributed by atoms with Crippen LogP contribution in [0.3, 0.4) is 0 Å². The average Bonchev–Trinajstić information content (AvgIpc) is 2.21. The molecule has 0 rings (SSSR count). The topological polar surface area (TPSA) is 86.7 Å². The maximum atomic E-state index is 11.7. The number of carboxylic acids is 1. The van der Waals surface area contributed by atoms with Crippen molar-refractivity contribution in [2.24, 2.45) is 0 Å². The summed E-state index contributed by atoms with van der Waals surface area (Å²) < 4.78 is 35.2. The van der Waals surface area contributed by atoms with E-state index in [1.165, 1.54) is 7.05 Å². The molecule has 0 atom stereocenters. The largest absolute Gasteiger partial charge is 0.481 e. The van der Waals surface area contributed by atoms with Gasteiger partial charge in [0.2, 0.25) is 11.8 Å². The van der Waals surface area contributed by atoms with Crippen molar-refractivity contribution < 1.29 is 32.7 Å². The van der Waals surface area contributed by atoms with Crippen LogP contribution in [-0.2, 0) is 14.4 Å². The Bertz CT molecular complexity index is 330. The Morgan fingerprint density at radius 3 is 2.28 bits per heavy atom. The fraction of sp³-hybridized carbons (Fsp3) is 0.667. The first kappa shape index (κ1) is 16.2. The van der Waals surface area contributed by atoms with E-state index in [0.717, 1.165) is 4.90 Å². The van der Waals surface area contributed by atoms with E-state index >= 15 is 0 Å². The highest BCUT2D eigenvalue weighted by Gasteiger charge is 2.28. The normalized spacial score (nSPS) is 10.9. The zero-order chi connectivity index (χ0) is 14.3. The third-order valence-corrected chi connectivity index (χ3v) is 1.88. The number of carbonyl (C=O) groups is 3. The molecule has 2 N–H and O–H groups in total. The molecule has 2 amide bonds. The van der Waals surface area contributed by atoms with Crippen molar-refractivity contribution in [2.45, 2.75) is 19.0 Å². The van der Waals surface area contributed by atoms with Crippen molar-refractivity contribution in [2.75, 3.05) is 20.1 Å². The zero-order valence-corrected chi connectivity index (χ0v) is 9.58. The number of hydrogen-bond donors (Lipinski definition) is 2. The molecule has 0 saturated heterocycles. The van der Waals surface area contributed by atoms with E-state index in [1.54, 1.807) is 5.32 Å². The summed E-state index contributed by atoms with van der Waals surface area (Å²) in [6.45, 7) is -1.61. The van der Waals surface area contributed by atoms with Gasteiger partial charge in [-0.15, -0.1) is 0 Å². The van der Waals surface area contributed by atoms with Crippen LogP contribution in [0.5, 0.6) is 0 Å². The van der Waals surface area contributed by atoms with Crippen LogP contribution in [0, 0.1) is 0 Å². The molecule has 0 saturated carbocycles. The number of halogens is 3. The van der Waals surface area contributed by atoms with Crippen LogP contribution >= 0.6 is 0 Å². The first-order valence-electron chi connectivity index (χ1n) is 4.91. The molecular weight excluding hydrogens is 257 g/mol. The van der Waals surface area contributed by atoms with E-state index in [4.69, 9.17) is 5.11 Å². The van der Waals surface area contributed by atoms with Crippen LogP contribution in [0.4, 0.5) is 13.2 Å². The van der Waals surface area contributed by atoms with Crippen molar-refractivity contribution >= 4 is 17.8 Å². The monoisotopic (exact) mass is 270 g/mol. The van der Waals surface area contributed by atoms with Crippen molar-refractivity contribution in [3.63, 3.8) is 0 Å². The van der Waals surface area contributed by atoms with Gasteiger partial charge in [-0.1, -0.05) is 0 Å². The van der Waals surface area contributed by atoms with Gasteiger partial charge >= 0.3 is 12.1 Å². The number of carbonyl (C=O) groups excluding carboxylic acids is 2. The second kappa shape index (κ2) is 6.82. The van der Waals surface area contributed by atoms with E-state index in [1.807, 2.05) is 0 Å². The molecule has 0 aromatic rings. The van der Waals surface area contributed by atoms with Gasteiger partial charge in [0.15, 0.2) is 0 Å². The molecule has 0 bridgehead atoms. The van der Waals surface area contributed by atoms with Crippen LogP contribution in [0.1, 0.15) is 12.8 Å². The van der Waals surface area contributed by atoms with E-state index in [2.05, 4.69) is 0 Å². The van der Waals surface area contributed by atoms with Gasteiger partial charge in [-0.2, -0.15) is 13.2 Å². The summed E-state index contributed by atoms with van der Waals surface area (Å²) in [6, 6.07) is 0. The molecule has 0 aromatic carbocycles. The Balaban J connectivity index is 4.00. The molecule has 0 radical (unpaired) electrons. The lowest BCUT2D eigenvalue weighted by Crippen LogP contribution is -2.38. The maximum absolute atomic E-state index is 11.7. The first-order chi connectivity index (χ1) is 8.11. The van der Waals surface area contributed by atoms with Crippen molar-refractivity contribution in [1.82, 2.24) is 10.2 Å². The molecule has 0 aromatic heterocycles. The van der Waals surface area contributed by atoms with Gasteiger partial charge in [0.1, 0.15) is 13.0 Å². The molecular formula is C9H13F3N2O4. The fourth-order valence-electron chi connectivity index (χ4n) is 0.922. The summed E-state index contributed by atoms with van der Waals surface area (Å²) in [7, 11) is 1.27. The number of carboxylic acid groups (broad SMARTS) is 1. The van der Waals surface area contributed by atoms with Crippen LogP contribution in [0.2, 0.25) is 0 Å². The highest BCUT2D eigenvalue weighted by Crippen LogP contribution is 2.12. The number of aliphatic carboxylic acids is 1. The van der Waals surface area contributed by atoms with E-state index in [0.29, 0.717) is 0 Å². The summed E-state index contributed by atoms with van der Waals surface area (Å²) in [5.74, 6) is -2.91. The highest BCUT2D eigenvalue weighted by molar-refractivity contribution is 5.96. The van der Waals surface area contributed by atoms with Crippen molar-refractivity contribution in [3.8, 4) is 0 Å². The zero-order valence-electron chi connectivity index (χ0n) is 9.58. The summed E-state index contributed by atoms with van der Waals surface area (Å²) in [4.78, 5) is 33.4. The molecule has 0 aliphatic heterocycles. The second-order valence-corrected chi connectivity index (χ2v) is 3.53. The molecule has 0 aliphatic carbocycles. The molecule has 104 valence electrons. The minimum atomic E-state index is -4.53. The Morgan fingerprint density at radius 1 is 1.28 bits per heavy atom. The number of amides is 2. The van der Waals surface area contributed by atoms with Crippen LogP contribution < -0.4 is 5.32 Å². The van der Waals surface area contributed by atoms with Gasteiger partial charge in [-0.3, -0.25) is 14.4 Å². The van der Waals surface area contributed by atoms with Gasteiger partial charge < -0.3 is 15.3 Å². The SMILES string of the molecule is CN(CCC(=O)O)C(=O)CC(=O)NCC(F)(F)F. The smallest absolute Gasteiger partial charge is 0.405 e. The van der Waals surface area contributed by atoms with Crippen LogP contribution in [0.25, 0.3) is 0 Å².